The van der Waals surface area contributed by atoms with E-state index in [1.165, 1.54) is 17.6 Å². The van der Waals surface area contributed by atoms with Crippen molar-refractivity contribution >= 4 is 37.3 Å². The van der Waals surface area contributed by atoms with Crippen LogP contribution in [0, 0.1) is 0 Å². The first-order valence-electron chi connectivity index (χ1n) is 8.30. The number of amides is 1. The highest BCUT2D eigenvalue weighted by Gasteiger charge is 2.12. The van der Waals surface area contributed by atoms with E-state index in [1.807, 2.05) is 13.8 Å². The van der Waals surface area contributed by atoms with Crippen LogP contribution in [-0.4, -0.2) is 31.3 Å². The number of nitrogens with zero attached hydrogens (tertiary/aromatic N) is 2. The summed E-state index contributed by atoms with van der Waals surface area (Å²) in [7, 11) is -1.49. The quantitative estimate of drug-likeness (QED) is 0.669. The van der Waals surface area contributed by atoms with Crippen molar-refractivity contribution in [2.45, 2.75) is 24.8 Å². The second-order valence-corrected chi connectivity index (χ2v) is 9.48. The van der Waals surface area contributed by atoms with Crippen molar-refractivity contribution in [3.05, 3.63) is 52.8 Å². The lowest BCUT2D eigenvalue weighted by atomic mass is 10.2. The monoisotopic (exact) mass is 404 g/mol. The third-order valence-electron chi connectivity index (χ3n) is 3.88. The van der Waals surface area contributed by atoms with Gasteiger partial charge in [-0.05, 0) is 56.3 Å². The SMILES string of the molecule is CC(C)Oc1ccc(C(=O)N=c2sc3cc(S(C)(=O)=O)ccc3n2C)cc1. The molecule has 0 saturated carbocycles. The maximum absolute atomic E-state index is 12.5. The number of aromatic nitrogens is 1. The highest BCUT2D eigenvalue weighted by Crippen LogP contribution is 2.21. The third kappa shape index (κ3) is 4.28. The minimum absolute atomic E-state index is 0.0608. The van der Waals surface area contributed by atoms with Gasteiger partial charge in [-0.3, -0.25) is 4.79 Å². The lowest BCUT2D eigenvalue weighted by molar-refractivity contribution is 0.0998. The first-order valence-corrected chi connectivity index (χ1v) is 11.0. The lowest BCUT2D eigenvalue weighted by Gasteiger charge is -2.09. The third-order valence-corrected chi connectivity index (χ3v) is 6.08. The van der Waals surface area contributed by atoms with Crippen LogP contribution in [0.25, 0.3) is 10.2 Å². The number of hydrogen-bond donors (Lipinski definition) is 0. The molecule has 0 unspecified atom stereocenters. The average Bonchev–Trinajstić information content (AvgIpc) is 2.89. The zero-order chi connectivity index (χ0) is 19.8. The fraction of sp³-hybridized carbons (Fsp3) is 0.263. The van der Waals surface area contributed by atoms with Gasteiger partial charge >= 0.3 is 0 Å². The van der Waals surface area contributed by atoms with Gasteiger partial charge < -0.3 is 9.30 Å². The Morgan fingerprint density at radius 3 is 2.41 bits per heavy atom. The Kier molecular flexibility index (Phi) is 5.21. The molecule has 1 heterocycles. The molecule has 0 aliphatic heterocycles. The van der Waals surface area contributed by atoms with Crippen LogP contribution in [0.3, 0.4) is 0 Å². The molecular weight excluding hydrogens is 384 g/mol. The van der Waals surface area contributed by atoms with Gasteiger partial charge in [0.1, 0.15) is 5.75 Å². The van der Waals surface area contributed by atoms with Crippen LogP contribution >= 0.6 is 11.3 Å². The molecule has 1 aromatic heterocycles. The van der Waals surface area contributed by atoms with E-state index < -0.39 is 9.84 Å². The Morgan fingerprint density at radius 1 is 1.15 bits per heavy atom. The lowest BCUT2D eigenvalue weighted by Crippen LogP contribution is -2.13. The molecule has 0 radical (unpaired) electrons. The number of aryl methyl sites for hydroxylation is 1. The largest absolute Gasteiger partial charge is 0.491 e. The van der Waals surface area contributed by atoms with Crippen molar-refractivity contribution in [1.82, 2.24) is 4.57 Å². The summed E-state index contributed by atoms with van der Waals surface area (Å²) in [5.74, 6) is 0.332. The Morgan fingerprint density at radius 2 is 1.81 bits per heavy atom. The van der Waals surface area contributed by atoms with Gasteiger partial charge in [0.25, 0.3) is 5.91 Å². The second-order valence-electron chi connectivity index (χ2n) is 6.45. The number of benzene rings is 2. The molecule has 3 rings (SSSR count). The van der Waals surface area contributed by atoms with Crippen molar-refractivity contribution in [1.29, 1.82) is 0 Å². The molecule has 0 fully saturated rings. The van der Waals surface area contributed by atoms with Crippen molar-refractivity contribution < 1.29 is 17.9 Å². The van der Waals surface area contributed by atoms with E-state index in [1.54, 1.807) is 54.1 Å². The molecule has 0 saturated heterocycles. The van der Waals surface area contributed by atoms with E-state index in [9.17, 15) is 13.2 Å². The summed E-state index contributed by atoms with van der Waals surface area (Å²) in [6.45, 7) is 3.87. The molecule has 1 amide bonds. The molecule has 3 aromatic rings. The summed E-state index contributed by atoms with van der Waals surface area (Å²) in [5.41, 5.74) is 1.28. The molecular formula is C19H20N2O4S2. The van der Waals surface area contributed by atoms with Gasteiger partial charge in [0, 0.05) is 18.9 Å². The number of rotatable bonds is 4. The van der Waals surface area contributed by atoms with Crippen molar-refractivity contribution in [2.24, 2.45) is 12.0 Å². The Balaban J connectivity index is 1.97. The number of thiazole rings is 1. The first kappa shape index (κ1) is 19.3. The number of fused-ring (bicyclic) bond motifs is 1. The molecule has 2 aromatic carbocycles. The fourth-order valence-corrected chi connectivity index (χ4v) is 4.33. The van der Waals surface area contributed by atoms with E-state index in [0.29, 0.717) is 16.1 Å². The van der Waals surface area contributed by atoms with Gasteiger partial charge in [0.15, 0.2) is 14.6 Å². The molecule has 27 heavy (non-hydrogen) atoms. The van der Waals surface area contributed by atoms with Crippen LogP contribution < -0.4 is 9.54 Å². The Hall–Kier alpha value is -2.45. The van der Waals surface area contributed by atoms with Gasteiger partial charge in [-0.2, -0.15) is 4.99 Å². The van der Waals surface area contributed by atoms with Crippen LogP contribution in [0.15, 0.2) is 52.4 Å². The maximum Gasteiger partial charge on any atom is 0.279 e. The molecule has 0 aliphatic carbocycles. The van der Waals surface area contributed by atoms with Crippen LogP contribution in [-0.2, 0) is 16.9 Å². The highest BCUT2D eigenvalue weighted by atomic mass is 32.2. The molecule has 0 atom stereocenters. The minimum Gasteiger partial charge on any atom is -0.491 e. The zero-order valence-electron chi connectivity index (χ0n) is 15.5. The Bertz CT molecular complexity index is 1170. The van der Waals surface area contributed by atoms with Crippen LogP contribution in [0.4, 0.5) is 0 Å². The zero-order valence-corrected chi connectivity index (χ0v) is 17.1. The molecule has 6 nitrogen and oxygen atoms in total. The van der Waals surface area contributed by atoms with Gasteiger partial charge in [-0.25, -0.2) is 8.42 Å². The minimum atomic E-state index is -3.29. The predicted octanol–water partition coefficient (Wildman–Crippen LogP) is 3.17. The Labute approximate surface area is 161 Å². The summed E-state index contributed by atoms with van der Waals surface area (Å²) in [6.07, 6.45) is 1.23. The fourth-order valence-electron chi connectivity index (χ4n) is 2.55. The smallest absolute Gasteiger partial charge is 0.279 e. The molecule has 0 aliphatic rings. The van der Waals surface area contributed by atoms with Crippen LogP contribution in [0.5, 0.6) is 5.75 Å². The summed E-state index contributed by atoms with van der Waals surface area (Å²) in [6, 6.07) is 11.7. The first-order chi connectivity index (χ1) is 12.6. The van der Waals surface area contributed by atoms with E-state index >= 15 is 0 Å². The van der Waals surface area contributed by atoms with Gasteiger partial charge in [-0.15, -0.1) is 0 Å². The predicted molar refractivity (Wildman–Crippen MR) is 106 cm³/mol. The molecule has 142 valence electrons. The number of hydrogen-bond acceptors (Lipinski definition) is 5. The van der Waals surface area contributed by atoms with Crippen LogP contribution in [0.1, 0.15) is 24.2 Å². The van der Waals surface area contributed by atoms with Gasteiger partial charge in [0.05, 0.1) is 21.2 Å². The number of sulfone groups is 1. The normalized spacial score (nSPS) is 12.7. The van der Waals surface area contributed by atoms with Crippen molar-refractivity contribution in [2.75, 3.05) is 6.26 Å². The molecule has 0 bridgehead atoms. The standard InChI is InChI=1S/C19H20N2O4S2/c1-12(2)25-14-7-5-13(6-8-14)18(22)20-19-21(3)16-10-9-15(27(4,23)24)11-17(16)26-19/h5-12H,1-4H3. The summed E-state index contributed by atoms with van der Waals surface area (Å²) >= 11 is 1.28. The molecule has 0 spiro atoms. The highest BCUT2D eigenvalue weighted by molar-refractivity contribution is 7.90. The van der Waals surface area contributed by atoms with Gasteiger partial charge in [-0.1, -0.05) is 11.3 Å². The summed E-state index contributed by atoms with van der Waals surface area (Å²) in [4.78, 5) is 17.4. The van der Waals surface area contributed by atoms with E-state index in [2.05, 4.69) is 4.99 Å². The topological polar surface area (TPSA) is 77.7 Å². The van der Waals surface area contributed by atoms with Crippen LogP contribution in [0.2, 0.25) is 0 Å². The molecule has 0 N–H and O–H groups in total. The maximum atomic E-state index is 12.5. The average molecular weight is 405 g/mol. The number of carbonyl (C=O) groups excluding carboxylic acids is 1. The summed E-state index contributed by atoms with van der Waals surface area (Å²) in [5, 5.41) is 0. The van der Waals surface area contributed by atoms with E-state index in [-0.39, 0.29) is 16.9 Å². The van der Waals surface area contributed by atoms with E-state index in [4.69, 9.17) is 4.74 Å². The second kappa shape index (κ2) is 7.28. The molecule has 8 heteroatoms. The summed E-state index contributed by atoms with van der Waals surface area (Å²) < 4.78 is 31.6. The number of carbonyl (C=O) groups is 1. The van der Waals surface area contributed by atoms with Crippen molar-refractivity contribution in [3.8, 4) is 5.75 Å². The van der Waals surface area contributed by atoms with Gasteiger partial charge in [0.2, 0.25) is 0 Å². The van der Waals surface area contributed by atoms with E-state index in [0.717, 1.165) is 10.2 Å². The number of ether oxygens (including phenoxy) is 1. The van der Waals surface area contributed by atoms with Crippen molar-refractivity contribution in [3.63, 3.8) is 0 Å².